The van der Waals surface area contributed by atoms with Crippen LogP contribution in [0.3, 0.4) is 0 Å². The minimum Gasteiger partial charge on any atom is -0.444 e. The molecule has 1 aliphatic rings. The zero-order valence-corrected chi connectivity index (χ0v) is 10.9. The lowest BCUT2D eigenvalue weighted by molar-refractivity contribution is 0.0892. The molecule has 1 aromatic heterocycles. The Hall–Kier alpha value is -0.770. The van der Waals surface area contributed by atoms with Crippen molar-refractivity contribution in [1.29, 1.82) is 0 Å². The molecule has 0 radical (unpaired) electrons. The zero-order valence-electron chi connectivity index (χ0n) is 9.33. The van der Waals surface area contributed by atoms with E-state index in [4.69, 9.17) is 4.42 Å². The van der Waals surface area contributed by atoms with Crippen molar-refractivity contribution < 1.29 is 9.21 Å². The van der Waals surface area contributed by atoms with E-state index in [9.17, 15) is 4.79 Å². The van der Waals surface area contributed by atoms with E-state index in [-0.39, 0.29) is 5.91 Å². The van der Waals surface area contributed by atoms with Crippen LogP contribution in [0.25, 0.3) is 0 Å². The molecule has 2 atom stereocenters. The second-order valence-electron chi connectivity index (χ2n) is 4.55. The maximum atomic E-state index is 11.8. The molecule has 0 spiro atoms. The Morgan fingerprint density at radius 1 is 1.50 bits per heavy atom. The van der Waals surface area contributed by atoms with Gasteiger partial charge in [0.2, 0.25) is 0 Å². The average molecular weight is 286 g/mol. The fourth-order valence-electron chi connectivity index (χ4n) is 2.26. The lowest BCUT2D eigenvalue weighted by Gasteiger charge is -2.27. The van der Waals surface area contributed by atoms with Crippen LogP contribution in [-0.2, 0) is 0 Å². The van der Waals surface area contributed by atoms with Crippen LogP contribution < -0.4 is 5.32 Å². The monoisotopic (exact) mass is 285 g/mol. The Balaban J connectivity index is 1.92. The van der Waals surface area contributed by atoms with Crippen LogP contribution in [0.15, 0.2) is 21.2 Å². The highest BCUT2D eigenvalue weighted by Crippen LogP contribution is 2.24. The van der Waals surface area contributed by atoms with Gasteiger partial charge in [0, 0.05) is 6.04 Å². The van der Waals surface area contributed by atoms with Crippen molar-refractivity contribution in [3.63, 3.8) is 0 Å². The summed E-state index contributed by atoms with van der Waals surface area (Å²) in [5, 5.41) is 3.03. The first-order valence-electron chi connectivity index (χ1n) is 5.71. The van der Waals surface area contributed by atoms with Crippen LogP contribution in [0, 0.1) is 5.92 Å². The van der Waals surface area contributed by atoms with Crippen molar-refractivity contribution in [3.8, 4) is 0 Å². The van der Waals surface area contributed by atoms with Crippen LogP contribution in [0.5, 0.6) is 0 Å². The standard InChI is InChI=1S/C12H16BrNO2/c1-8-3-2-4-9(7-8)14-12(15)10-5-6-11(13)16-10/h5-6,8-9H,2-4,7H2,1H3,(H,14,15). The smallest absolute Gasteiger partial charge is 0.287 e. The molecule has 16 heavy (non-hydrogen) atoms. The molecule has 2 unspecified atom stereocenters. The summed E-state index contributed by atoms with van der Waals surface area (Å²) in [6.07, 6.45) is 4.64. The molecule has 1 heterocycles. The second kappa shape index (κ2) is 5.04. The van der Waals surface area contributed by atoms with Gasteiger partial charge in [0.25, 0.3) is 5.91 Å². The topological polar surface area (TPSA) is 42.2 Å². The number of hydrogen-bond donors (Lipinski definition) is 1. The molecule has 2 rings (SSSR count). The van der Waals surface area contributed by atoms with Gasteiger partial charge in [-0.3, -0.25) is 4.79 Å². The summed E-state index contributed by atoms with van der Waals surface area (Å²) in [6, 6.07) is 3.73. The maximum absolute atomic E-state index is 11.8. The third-order valence-corrected chi connectivity index (χ3v) is 3.49. The Morgan fingerprint density at radius 2 is 2.31 bits per heavy atom. The number of halogens is 1. The predicted octanol–water partition coefficient (Wildman–Crippen LogP) is 3.35. The van der Waals surface area contributed by atoms with Crippen LogP contribution in [-0.4, -0.2) is 11.9 Å². The van der Waals surface area contributed by atoms with E-state index in [1.165, 1.54) is 12.8 Å². The van der Waals surface area contributed by atoms with Gasteiger partial charge < -0.3 is 9.73 Å². The molecule has 88 valence electrons. The molecule has 1 amide bonds. The largest absolute Gasteiger partial charge is 0.444 e. The Morgan fingerprint density at radius 3 is 2.94 bits per heavy atom. The van der Waals surface area contributed by atoms with Gasteiger partial charge in [-0.05, 0) is 46.8 Å². The third-order valence-electron chi connectivity index (χ3n) is 3.07. The third kappa shape index (κ3) is 2.88. The minimum atomic E-state index is -0.107. The molecule has 0 aliphatic heterocycles. The van der Waals surface area contributed by atoms with Gasteiger partial charge in [0.05, 0.1) is 0 Å². The van der Waals surface area contributed by atoms with Gasteiger partial charge in [-0.25, -0.2) is 0 Å². The van der Waals surface area contributed by atoms with E-state index in [2.05, 4.69) is 28.2 Å². The number of hydrogen-bond acceptors (Lipinski definition) is 2. The molecule has 0 bridgehead atoms. The summed E-state index contributed by atoms with van der Waals surface area (Å²) in [6.45, 7) is 2.24. The highest BCUT2D eigenvalue weighted by Gasteiger charge is 2.21. The Bertz CT molecular complexity index is 375. The minimum absolute atomic E-state index is 0.107. The number of nitrogens with one attached hydrogen (secondary N) is 1. The summed E-state index contributed by atoms with van der Waals surface area (Å²) < 4.78 is 5.81. The van der Waals surface area contributed by atoms with E-state index < -0.39 is 0 Å². The summed E-state index contributed by atoms with van der Waals surface area (Å²) in [5.41, 5.74) is 0. The average Bonchev–Trinajstić information content (AvgIpc) is 2.65. The molecule has 1 fully saturated rings. The van der Waals surface area contributed by atoms with Gasteiger partial charge in [-0.2, -0.15) is 0 Å². The molecule has 0 saturated heterocycles. The van der Waals surface area contributed by atoms with Gasteiger partial charge in [-0.1, -0.05) is 19.8 Å². The number of carbonyl (C=O) groups is 1. The van der Waals surface area contributed by atoms with Crippen molar-refractivity contribution in [1.82, 2.24) is 5.32 Å². The molecule has 0 aromatic carbocycles. The lowest BCUT2D eigenvalue weighted by Crippen LogP contribution is -2.37. The van der Waals surface area contributed by atoms with E-state index >= 15 is 0 Å². The van der Waals surface area contributed by atoms with Crippen molar-refractivity contribution in [2.45, 2.75) is 38.6 Å². The van der Waals surface area contributed by atoms with Crippen LogP contribution in [0.4, 0.5) is 0 Å². The van der Waals surface area contributed by atoms with Crippen molar-refractivity contribution in [2.24, 2.45) is 5.92 Å². The normalized spacial score (nSPS) is 25.4. The lowest BCUT2D eigenvalue weighted by atomic mass is 9.87. The molecule has 3 nitrogen and oxygen atoms in total. The zero-order chi connectivity index (χ0) is 11.5. The molecule has 1 N–H and O–H groups in total. The van der Waals surface area contributed by atoms with E-state index in [1.807, 2.05) is 0 Å². The quantitative estimate of drug-likeness (QED) is 0.906. The highest BCUT2D eigenvalue weighted by atomic mass is 79.9. The number of amides is 1. The van der Waals surface area contributed by atoms with Crippen LogP contribution in [0.1, 0.15) is 43.2 Å². The summed E-state index contributed by atoms with van der Waals surface area (Å²) in [7, 11) is 0. The Kier molecular flexibility index (Phi) is 3.69. The molecule has 1 aliphatic carbocycles. The van der Waals surface area contributed by atoms with Crippen molar-refractivity contribution in [3.05, 3.63) is 22.6 Å². The maximum Gasteiger partial charge on any atom is 0.287 e. The van der Waals surface area contributed by atoms with Gasteiger partial charge >= 0.3 is 0 Å². The first kappa shape index (κ1) is 11.7. The second-order valence-corrected chi connectivity index (χ2v) is 5.33. The van der Waals surface area contributed by atoms with Crippen LogP contribution in [0.2, 0.25) is 0 Å². The fourth-order valence-corrected chi connectivity index (χ4v) is 2.56. The molecular weight excluding hydrogens is 270 g/mol. The SMILES string of the molecule is CC1CCCC(NC(=O)c2ccc(Br)o2)C1. The van der Waals surface area contributed by atoms with Crippen LogP contribution >= 0.6 is 15.9 Å². The van der Waals surface area contributed by atoms with Gasteiger partial charge in [0.15, 0.2) is 10.4 Å². The Labute approximate surface area is 104 Å². The first-order valence-corrected chi connectivity index (χ1v) is 6.50. The number of furan rings is 1. The van der Waals surface area contributed by atoms with Gasteiger partial charge in [0.1, 0.15) is 0 Å². The summed E-state index contributed by atoms with van der Waals surface area (Å²) in [5.74, 6) is 0.984. The number of carbonyl (C=O) groups excluding carboxylic acids is 1. The van der Waals surface area contributed by atoms with E-state index in [1.54, 1.807) is 12.1 Å². The molecule has 1 saturated carbocycles. The highest BCUT2D eigenvalue weighted by molar-refractivity contribution is 9.10. The van der Waals surface area contributed by atoms with Crippen molar-refractivity contribution >= 4 is 21.8 Å². The fraction of sp³-hybridized carbons (Fsp3) is 0.583. The molecule has 4 heteroatoms. The summed E-state index contributed by atoms with van der Waals surface area (Å²) in [4.78, 5) is 11.8. The predicted molar refractivity (Wildman–Crippen MR) is 65.3 cm³/mol. The molecular formula is C12H16BrNO2. The first-order chi connectivity index (χ1) is 7.65. The van der Waals surface area contributed by atoms with E-state index in [0.29, 0.717) is 22.4 Å². The van der Waals surface area contributed by atoms with E-state index in [0.717, 1.165) is 12.8 Å². The van der Waals surface area contributed by atoms with Gasteiger partial charge in [-0.15, -0.1) is 0 Å². The molecule has 1 aromatic rings. The van der Waals surface area contributed by atoms with Crippen molar-refractivity contribution in [2.75, 3.05) is 0 Å². The number of rotatable bonds is 2. The summed E-state index contributed by atoms with van der Waals surface area (Å²) >= 11 is 3.19.